The van der Waals surface area contributed by atoms with Crippen LogP contribution in [0.25, 0.3) is 5.57 Å². The van der Waals surface area contributed by atoms with Crippen molar-refractivity contribution in [2.45, 2.75) is 13.3 Å². The van der Waals surface area contributed by atoms with Crippen molar-refractivity contribution in [3.63, 3.8) is 0 Å². The first-order valence-corrected chi connectivity index (χ1v) is 4.96. The number of hydrogen-bond acceptors (Lipinski definition) is 3. The van der Waals surface area contributed by atoms with E-state index in [1.807, 2.05) is 0 Å². The normalized spacial score (nSPS) is 13.8. The molecule has 0 saturated heterocycles. The number of carbonyl (C=O) groups excluding carboxylic acids is 1. The SMILES string of the molecule is C=C1C=C(CC(C)=O)c2ccc(O)cc2O1. The van der Waals surface area contributed by atoms with E-state index in [-0.39, 0.29) is 11.5 Å². The van der Waals surface area contributed by atoms with Crippen LogP contribution in [0.3, 0.4) is 0 Å². The van der Waals surface area contributed by atoms with Gasteiger partial charge in [0.1, 0.15) is 23.0 Å². The summed E-state index contributed by atoms with van der Waals surface area (Å²) in [5.74, 6) is 1.24. The van der Waals surface area contributed by atoms with Crippen molar-refractivity contribution >= 4 is 11.4 Å². The van der Waals surface area contributed by atoms with Crippen LogP contribution < -0.4 is 4.74 Å². The molecule has 0 amide bonds. The van der Waals surface area contributed by atoms with Gasteiger partial charge in [-0.25, -0.2) is 0 Å². The van der Waals surface area contributed by atoms with Gasteiger partial charge in [0.15, 0.2) is 0 Å². The average Bonchev–Trinajstić information content (AvgIpc) is 2.15. The molecule has 16 heavy (non-hydrogen) atoms. The molecule has 0 saturated carbocycles. The summed E-state index contributed by atoms with van der Waals surface area (Å²) in [6.07, 6.45) is 2.10. The van der Waals surface area contributed by atoms with Crippen molar-refractivity contribution in [3.8, 4) is 11.5 Å². The van der Waals surface area contributed by atoms with Crippen LogP contribution >= 0.6 is 0 Å². The molecule has 0 bridgehead atoms. The Labute approximate surface area is 93.7 Å². The van der Waals surface area contributed by atoms with E-state index in [9.17, 15) is 9.90 Å². The third kappa shape index (κ3) is 1.98. The summed E-state index contributed by atoms with van der Waals surface area (Å²) in [5, 5.41) is 9.35. The van der Waals surface area contributed by atoms with Crippen molar-refractivity contribution in [1.82, 2.24) is 0 Å². The van der Waals surface area contributed by atoms with Crippen LogP contribution in [0, 0.1) is 0 Å². The topological polar surface area (TPSA) is 46.5 Å². The quantitative estimate of drug-likeness (QED) is 0.826. The fraction of sp³-hybridized carbons (Fsp3) is 0.154. The fourth-order valence-corrected chi connectivity index (χ4v) is 1.72. The highest BCUT2D eigenvalue weighted by Gasteiger charge is 2.17. The number of carbonyl (C=O) groups is 1. The number of benzene rings is 1. The van der Waals surface area contributed by atoms with Gasteiger partial charge in [-0.3, -0.25) is 4.79 Å². The number of phenolic OH excluding ortho intramolecular Hbond substituents is 1. The molecule has 82 valence electrons. The number of rotatable bonds is 2. The molecular weight excluding hydrogens is 204 g/mol. The van der Waals surface area contributed by atoms with Crippen molar-refractivity contribution in [2.75, 3.05) is 0 Å². The van der Waals surface area contributed by atoms with Gasteiger partial charge >= 0.3 is 0 Å². The molecule has 1 N–H and O–H groups in total. The third-order valence-electron chi connectivity index (χ3n) is 2.33. The van der Waals surface area contributed by atoms with Gasteiger partial charge in [0.25, 0.3) is 0 Å². The first-order chi connectivity index (χ1) is 7.56. The summed E-state index contributed by atoms with van der Waals surface area (Å²) in [6, 6.07) is 4.84. The summed E-state index contributed by atoms with van der Waals surface area (Å²) < 4.78 is 5.38. The number of aromatic hydroxyl groups is 1. The minimum absolute atomic E-state index is 0.0833. The summed E-state index contributed by atoms with van der Waals surface area (Å²) in [6.45, 7) is 5.25. The molecule has 0 aromatic heterocycles. The smallest absolute Gasteiger partial charge is 0.138 e. The van der Waals surface area contributed by atoms with Gasteiger partial charge in [0.05, 0.1) is 0 Å². The zero-order valence-corrected chi connectivity index (χ0v) is 8.99. The standard InChI is InChI=1S/C13H12O3/c1-8(14)5-10-6-9(2)16-13-7-11(15)3-4-12(10)13/h3-4,6-7,15H,2,5H2,1H3. The number of Topliss-reactive ketones (excluding diaryl/α,β-unsaturated/α-hetero) is 1. The second-order valence-electron chi connectivity index (χ2n) is 3.80. The average molecular weight is 216 g/mol. The van der Waals surface area contributed by atoms with E-state index in [0.29, 0.717) is 17.9 Å². The summed E-state index contributed by atoms with van der Waals surface area (Å²) >= 11 is 0. The van der Waals surface area contributed by atoms with Crippen molar-refractivity contribution in [2.24, 2.45) is 0 Å². The first kappa shape index (κ1) is 10.5. The van der Waals surface area contributed by atoms with E-state index in [1.165, 1.54) is 6.07 Å². The lowest BCUT2D eigenvalue weighted by atomic mass is 9.97. The Morgan fingerprint density at radius 1 is 1.50 bits per heavy atom. The van der Waals surface area contributed by atoms with E-state index in [1.54, 1.807) is 25.1 Å². The van der Waals surface area contributed by atoms with Gasteiger partial charge in [0, 0.05) is 18.1 Å². The number of fused-ring (bicyclic) bond motifs is 1. The van der Waals surface area contributed by atoms with Crippen LogP contribution in [-0.2, 0) is 4.79 Å². The van der Waals surface area contributed by atoms with Crippen molar-refractivity contribution in [3.05, 3.63) is 42.2 Å². The maximum atomic E-state index is 11.1. The van der Waals surface area contributed by atoms with Crippen LogP contribution in [0.5, 0.6) is 11.5 Å². The predicted molar refractivity (Wildman–Crippen MR) is 61.1 cm³/mol. The molecule has 1 aromatic rings. The highest BCUT2D eigenvalue weighted by atomic mass is 16.5. The van der Waals surface area contributed by atoms with Gasteiger partial charge in [-0.05, 0) is 30.7 Å². The van der Waals surface area contributed by atoms with E-state index >= 15 is 0 Å². The Morgan fingerprint density at radius 3 is 2.94 bits per heavy atom. The summed E-state index contributed by atoms with van der Waals surface area (Å²) in [5.41, 5.74) is 1.71. The van der Waals surface area contributed by atoms with Gasteiger partial charge < -0.3 is 9.84 Å². The Hall–Kier alpha value is -2.03. The van der Waals surface area contributed by atoms with Crippen LogP contribution in [0.4, 0.5) is 0 Å². The molecule has 1 aromatic carbocycles. The maximum absolute atomic E-state index is 11.1. The molecule has 1 heterocycles. The predicted octanol–water partition coefficient (Wildman–Crippen LogP) is 2.66. The van der Waals surface area contributed by atoms with Gasteiger partial charge in [-0.2, -0.15) is 0 Å². The monoisotopic (exact) mass is 216 g/mol. The zero-order valence-electron chi connectivity index (χ0n) is 8.99. The number of hydrogen-bond donors (Lipinski definition) is 1. The first-order valence-electron chi connectivity index (χ1n) is 4.96. The summed E-state index contributed by atoms with van der Waals surface area (Å²) in [7, 11) is 0. The molecule has 0 unspecified atom stereocenters. The lowest BCUT2D eigenvalue weighted by Gasteiger charge is -2.19. The molecule has 0 radical (unpaired) electrons. The van der Waals surface area contributed by atoms with Crippen LogP contribution in [-0.4, -0.2) is 10.9 Å². The number of ether oxygens (including phenoxy) is 1. The lowest BCUT2D eigenvalue weighted by molar-refractivity contribution is -0.116. The van der Waals surface area contributed by atoms with Gasteiger partial charge in [-0.1, -0.05) is 6.58 Å². The molecule has 0 fully saturated rings. The van der Waals surface area contributed by atoms with E-state index < -0.39 is 0 Å². The van der Waals surface area contributed by atoms with Crippen molar-refractivity contribution < 1.29 is 14.6 Å². The van der Waals surface area contributed by atoms with Gasteiger partial charge in [0.2, 0.25) is 0 Å². The number of allylic oxidation sites excluding steroid dienone is 2. The van der Waals surface area contributed by atoms with Crippen LogP contribution in [0.2, 0.25) is 0 Å². The molecule has 0 atom stereocenters. The highest BCUT2D eigenvalue weighted by Crippen LogP contribution is 2.36. The van der Waals surface area contributed by atoms with Crippen molar-refractivity contribution in [1.29, 1.82) is 0 Å². The minimum Gasteiger partial charge on any atom is -0.508 e. The summed E-state index contributed by atoms with van der Waals surface area (Å²) in [4.78, 5) is 11.1. The highest BCUT2D eigenvalue weighted by molar-refractivity contribution is 5.91. The van der Waals surface area contributed by atoms with E-state index in [4.69, 9.17) is 4.74 Å². The number of ketones is 1. The Morgan fingerprint density at radius 2 is 2.25 bits per heavy atom. The molecule has 3 heteroatoms. The fourth-order valence-electron chi connectivity index (χ4n) is 1.72. The molecule has 0 aliphatic carbocycles. The lowest BCUT2D eigenvalue weighted by Crippen LogP contribution is -2.04. The minimum atomic E-state index is 0.0833. The zero-order chi connectivity index (χ0) is 11.7. The Bertz CT molecular complexity index is 498. The Balaban J connectivity index is 2.47. The largest absolute Gasteiger partial charge is 0.508 e. The molecule has 3 nitrogen and oxygen atoms in total. The second kappa shape index (κ2) is 3.85. The molecule has 1 aliphatic rings. The van der Waals surface area contributed by atoms with Crippen LogP contribution in [0.15, 0.2) is 36.6 Å². The molecule has 1 aliphatic heterocycles. The van der Waals surface area contributed by atoms with Gasteiger partial charge in [-0.15, -0.1) is 0 Å². The van der Waals surface area contributed by atoms with E-state index in [0.717, 1.165) is 11.1 Å². The van der Waals surface area contributed by atoms with Crippen LogP contribution in [0.1, 0.15) is 18.9 Å². The number of phenols is 1. The molecule has 2 rings (SSSR count). The molecule has 0 spiro atoms. The Kier molecular flexibility index (Phi) is 2.52. The second-order valence-corrected chi connectivity index (χ2v) is 3.80. The van der Waals surface area contributed by atoms with E-state index in [2.05, 4.69) is 6.58 Å². The maximum Gasteiger partial charge on any atom is 0.138 e. The molecular formula is C13H12O3. The third-order valence-corrected chi connectivity index (χ3v) is 2.33.